The van der Waals surface area contributed by atoms with Crippen LogP contribution < -0.4 is 0 Å². The number of ether oxygens (including phenoxy) is 2. The predicted octanol–water partition coefficient (Wildman–Crippen LogP) is 4.05. The second-order valence-corrected chi connectivity index (χ2v) is 8.99. The van der Waals surface area contributed by atoms with Crippen molar-refractivity contribution in [3.05, 3.63) is 23.9 Å². The fourth-order valence-electron chi connectivity index (χ4n) is 1.19. The molecule has 0 bridgehead atoms. The van der Waals surface area contributed by atoms with Crippen LogP contribution >= 0.6 is 0 Å². The molecule has 4 heteroatoms. The highest BCUT2D eigenvalue weighted by Crippen LogP contribution is 2.15. The van der Waals surface area contributed by atoms with E-state index in [2.05, 4.69) is 26.6 Å². The molecule has 0 heterocycles. The largest absolute Gasteiger partial charge is 0.520 e. The van der Waals surface area contributed by atoms with Crippen molar-refractivity contribution in [1.82, 2.24) is 0 Å². The van der Waals surface area contributed by atoms with Crippen LogP contribution in [0.4, 0.5) is 0 Å². The quantitative estimate of drug-likeness (QED) is 0.373. The van der Waals surface area contributed by atoms with Gasteiger partial charge in [0.1, 0.15) is 5.76 Å². The molecule has 0 aliphatic rings. The van der Waals surface area contributed by atoms with Crippen LogP contribution in [0.5, 0.6) is 0 Å². The minimum Gasteiger partial charge on any atom is -0.520 e. The van der Waals surface area contributed by atoms with Crippen molar-refractivity contribution in [2.75, 3.05) is 13.2 Å². The highest BCUT2D eigenvalue weighted by atomic mass is 28.4. The summed E-state index contributed by atoms with van der Waals surface area (Å²) in [7, 11) is -1.65. The number of hydrogen-bond acceptors (Lipinski definition) is 3. The van der Waals surface area contributed by atoms with Gasteiger partial charge in [0.05, 0.1) is 19.3 Å². The SMILES string of the molecule is CCC=C(C=C(OCC)O[Si](C)(C)C)OCC. The summed E-state index contributed by atoms with van der Waals surface area (Å²) in [6.07, 6.45) is 4.79. The summed E-state index contributed by atoms with van der Waals surface area (Å²) in [5, 5.41) is 0. The van der Waals surface area contributed by atoms with Gasteiger partial charge in [0.2, 0.25) is 8.32 Å². The van der Waals surface area contributed by atoms with Gasteiger partial charge in [-0.05, 0) is 46.0 Å². The maximum atomic E-state index is 5.86. The molecular formula is C13H26O3Si. The summed E-state index contributed by atoms with van der Waals surface area (Å²) in [5.74, 6) is 1.39. The predicted molar refractivity (Wildman–Crippen MR) is 74.1 cm³/mol. The monoisotopic (exact) mass is 258 g/mol. The Morgan fingerprint density at radius 3 is 2.00 bits per heavy atom. The Hall–Kier alpha value is -0.903. The van der Waals surface area contributed by atoms with Gasteiger partial charge in [-0.3, -0.25) is 0 Å². The Kier molecular flexibility index (Phi) is 7.79. The van der Waals surface area contributed by atoms with Crippen molar-refractivity contribution >= 4 is 8.32 Å². The van der Waals surface area contributed by atoms with E-state index in [9.17, 15) is 0 Å². The van der Waals surface area contributed by atoms with E-state index in [0.717, 1.165) is 12.2 Å². The van der Waals surface area contributed by atoms with E-state index in [4.69, 9.17) is 13.9 Å². The first-order chi connectivity index (χ1) is 7.92. The molecule has 0 N–H and O–H groups in total. The zero-order valence-electron chi connectivity index (χ0n) is 12.0. The lowest BCUT2D eigenvalue weighted by Gasteiger charge is -2.21. The van der Waals surface area contributed by atoms with Crippen LogP contribution in [0.1, 0.15) is 27.2 Å². The van der Waals surface area contributed by atoms with Crippen molar-refractivity contribution in [2.45, 2.75) is 46.8 Å². The third kappa shape index (κ3) is 8.86. The lowest BCUT2D eigenvalue weighted by molar-refractivity contribution is 0.109. The highest BCUT2D eigenvalue weighted by molar-refractivity contribution is 6.70. The van der Waals surface area contributed by atoms with E-state index in [1.54, 1.807) is 0 Å². The van der Waals surface area contributed by atoms with Gasteiger partial charge in [0.25, 0.3) is 5.95 Å². The van der Waals surface area contributed by atoms with Crippen molar-refractivity contribution in [2.24, 2.45) is 0 Å². The first-order valence-electron chi connectivity index (χ1n) is 6.29. The molecule has 0 amide bonds. The van der Waals surface area contributed by atoms with E-state index in [-0.39, 0.29) is 0 Å². The van der Waals surface area contributed by atoms with Gasteiger partial charge >= 0.3 is 0 Å². The summed E-state index contributed by atoms with van der Waals surface area (Å²) in [4.78, 5) is 0. The maximum Gasteiger partial charge on any atom is 0.269 e. The van der Waals surface area contributed by atoms with Gasteiger partial charge in [-0.1, -0.05) is 6.92 Å². The van der Waals surface area contributed by atoms with Crippen LogP contribution in [-0.4, -0.2) is 21.5 Å². The molecular weight excluding hydrogens is 232 g/mol. The van der Waals surface area contributed by atoms with Gasteiger partial charge < -0.3 is 13.9 Å². The Morgan fingerprint density at radius 2 is 1.59 bits per heavy atom. The second kappa shape index (κ2) is 8.23. The minimum atomic E-state index is -1.65. The topological polar surface area (TPSA) is 27.7 Å². The average Bonchev–Trinajstić information content (AvgIpc) is 2.16. The summed E-state index contributed by atoms with van der Waals surface area (Å²) in [6, 6.07) is 0. The molecule has 3 nitrogen and oxygen atoms in total. The van der Waals surface area contributed by atoms with Crippen molar-refractivity contribution in [1.29, 1.82) is 0 Å². The zero-order chi connectivity index (χ0) is 13.3. The molecule has 0 saturated carbocycles. The molecule has 100 valence electrons. The Labute approximate surface area is 107 Å². The van der Waals surface area contributed by atoms with Gasteiger partial charge in [-0.15, -0.1) is 0 Å². The second-order valence-electron chi connectivity index (χ2n) is 4.56. The zero-order valence-corrected chi connectivity index (χ0v) is 13.0. The van der Waals surface area contributed by atoms with E-state index in [0.29, 0.717) is 19.2 Å². The Bertz CT molecular complexity index is 264. The van der Waals surface area contributed by atoms with Crippen LogP contribution in [0, 0.1) is 0 Å². The Morgan fingerprint density at radius 1 is 1.00 bits per heavy atom. The molecule has 17 heavy (non-hydrogen) atoms. The number of allylic oxidation sites excluding steroid dienone is 2. The lowest BCUT2D eigenvalue weighted by atomic mass is 10.3. The van der Waals surface area contributed by atoms with Crippen LogP contribution in [0.15, 0.2) is 23.9 Å². The average molecular weight is 258 g/mol. The highest BCUT2D eigenvalue weighted by Gasteiger charge is 2.18. The maximum absolute atomic E-state index is 5.86. The summed E-state index contributed by atoms with van der Waals surface area (Å²) >= 11 is 0. The molecule has 0 spiro atoms. The van der Waals surface area contributed by atoms with E-state index in [1.807, 2.05) is 26.0 Å². The number of hydrogen-bond donors (Lipinski definition) is 0. The first kappa shape index (κ1) is 16.1. The summed E-state index contributed by atoms with van der Waals surface area (Å²) in [6.45, 7) is 13.6. The van der Waals surface area contributed by atoms with Gasteiger partial charge in [-0.25, -0.2) is 0 Å². The lowest BCUT2D eigenvalue weighted by Crippen LogP contribution is -2.25. The molecule has 0 aromatic rings. The normalized spacial score (nSPS) is 13.5. The third-order valence-electron chi connectivity index (χ3n) is 1.67. The van der Waals surface area contributed by atoms with Crippen LogP contribution in [-0.2, 0) is 13.9 Å². The van der Waals surface area contributed by atoms with Gasteiger partial charge in [-0.2, -0.15) is 0 Å². The standard InChI is InChI=1S/C13H26O3Si/c1-7-10-12(14-8-2)11-13(15-9-3)16-17(4,5)6/h10-11H,7-9H2,1-6H3. The van der Waals surface area contributed by atoms with Crippen LogP contribution in [0.2, 0.25) is 19.6 Å². The third-order valence-corrected chi connectivity index (χ3v) is 2.48. The summed E-state index contributed by atoms with van der Waals surface area (Å²) in [5.41, 5.74) is 0. The van der Waals surface area contributed by atoms with Crippen molar-refractivity contribution in [3.8, 4) is 0 Å². The fourth-order valence-corrected chi connectivity index (χ4v) is 1.91. The van der Waals surface area contributed by atoms with E-state index < -0.39 is 8.32 Å². The van der Waals surface area contributed by atoms with Gasteiger partial charge in [0, 0.05) is 0 Å². The van der Waals surface area contributed by atoms with E-state index >= 15 is 0 Å². The molecule has 0 unspecified atom stereocenters. The van der Waals surface area contributed by atoms with Crippen molar-refractivity contribution in [3.63, 3.8) is 0 Å². The Balaban J connectivity index is 4.80. The molecule has 0 fully saturated rings. The number of rotatable bonds is 8. The van der Waals surface area contributed by atoms with E-state index in [1.165, 1.54) is 0 Å². The molecule has 0 aromatic carbocycles. The smallest absolute Gasteiger partial charge is 0.269 e. The first-order valence-corrected chi connectivity index (χ1v) is 9.70. The molecule has 0 saturated heterocycles. The van der Waals surface area contributed by atoms with Crippen molar-refractivity contribution < 1.29 is 13.9 Å². The van der Waals surface area contributed by atoms with Gasteiger partial charge in [0.15, 0.2) is 0 Å². The minimum absolute atomic E-state index is 0.569. The fraction of sp³-hybridized carbons (Fsp3) is 0.692. The molecule has 0 radical (unpaired) electrons. The molecule has 0 aliphatic heterocycles. The molecule has 0 rings (SSSR count). The summed E-state index contributed by atoms with van der Waals surface area (Å²) < 4.78 is 16.9. The van der Waals surface area contributed by atoms with Crippen LogP contribution in [0.25, 0.3) is 0 Å². The molecule has 0 atom stereocenters. The van der Waals surface area contributed by atoms with Crippen LogP contribution in [0.3, 0.4) is 0 Å². The molecule has 0 aromatic heterocycles. The molecule has 0 aliphatic carbocycles.